The molecule has 1 aromatic heterocycles. The van der Waals surface area contributed by atoms with Crippen molar-refractivity contribution in [2.24, 2.45) is 0 Å². The van der Waals surface area contributed by atoms with Crippen molar-refractivity contribution in [1.82, 2.24) is 15.4 Å². The minimum absolute atomic E-state index is 0.265. The van der Waals surface area contributed by atoms with Crippen molar-refractivity contribution in [3.05, 3.63) is 78.1 Å². The van der Waals surface area contributed by atoms with Crippen LogP contribution in [0.3, 0.4) is 0 Å². The van der Waals surface area contributed by atoms with Gasteiger partial charge in [-0.3, -0.25) is 10.0 Å². The van der Waals surface area contributed by atoms with Crippen LogP contribution in [0.15, 0.2) is 66.7 Å². The molecule has 0 aliphatic carbocycles. The number of benzene rings is 3. The van der Waals surface area contributed by atoms with Gasteiger partial charge in [0.25, 0.3) is 5.91 Å². The van der Waals surface area contributed by atoms with Gasteiger partial charge in [0.15, 0.2) is 0 Å². The second kappa shape index (κ2) is 6.42. The fourth-order valence-electron chi connectivity index (χ4n) is 2.86. The van der Waals surface area contributed by atoms with E-state index >= 15 is 0 Å². The number of hydrogen-bond donors (Lipinski definition) is 3. The van der Waals surface area contributed by atoms with Gasteiger partial charge in [-0.15, -0.1) is 0 Å². The standard InChI is InChI=1S/C20H14FN3O2/c21-16-4-2-1-3-15(16)12-5-7-13(8-6-12)19-22-17-10-9-14(20(25)24-26)11-18(17)23-19/h1-11,26H,(H,22,23)(H,24,25). The van der Waals surface area contributed by atoms with Gasteiger partial charge in [0.1, 0.15) is 11.6 Å². The van der Waals surface area contributed by atoms with Gasteiger partial charge in [0.2, 0.25) is 0 Å². The number of rotatable bonds is 3. The number of aromatic nitrogens is 2. The van der Waals surface area contributed by atoms with Gasteiger partial charge in [-0.2, -0.15) is 0 Å². The molecule has 26 heavy (non-hydrogen) atoms. The molecule has 0 spiro atoms. The summed E-state index contributed by atoms with van der Waals surface area (Å²) in [6.07, 6.45) is 0. The fourth-order valence-corrected chi connectivity index (χ4v) is 2.86. The molecule has 3 aromatic carbocycles. The zero-order valence-corrected chi connectivity index (χ0v) is 13.5. The Kier molecular flexibility index (Phi) is 3.95. The molecule has 0 aliphatic heterocycles. The lowest BCUT2D eigenvalue weighted by molar-refractivity contribution is 0.0706. The molecule has 1 amide bonds. The summed E-state index contributed by atoms with van der Waals surface area (Å²) in [4.78, 5) is 19.2. The van der Waals surface area contributed by atoms with Crippen LogP contribution in [0.4, 0.5) is 4.39 Å². The lowest BCUT2D eigenvalue weighted by Crippen LogP contribution is -2.18. The number of hydrogen-bond acceptors (Lipinski definition) is 3. The molecule has 0 unspecified atom stereocenters. The van der Waals surface area contributed by atoms with Gasteiger partial charge in [0.05, 0.1) is 11.0 Å². The van der Waals surface area contributed by atoms with Crippen molar-refractivity contribution in [1.29, 1.82) is 0 Å². The Morgan fingerprint density at radius 3 is 2.46 bits per heavy atom. The molecule has 4 aromatic rings. The summed E-state index contributed by atoms with van der Waals surface area (Å²) in [5, 5.41) is 8.73. The van der Waals surface area contributed by atoms with E-state index in [9.17, 15) is 9.18 Å². The lowest BCUT2D eigenvalue weighted by Gasteiger charge is -2.04. The number of nitrogens with one attached hydrogen (secondary N) is 2. The highest BCUT2D eigenvalue weighted by molar-refractivity contribution is 5.97. The first kappa shape index (κ1) is 16.0. The highest BCUT2D eigenvalue weighted by atomic mass is 19.1. The molecule has 0 fully saturated rings. The van der Waals surface area contributed by atoms with Crippen molar-refractivity contribution in [3.8, 4) is 22.5 Å². The van der Waals surface area contributed by atoms with E-state index in [4.69, 9.17) is 5.21 Å². The summed E-state index contributed by atoms with van der Waals surface area (Å²) in [6, 6.07) is 18.9. The summed E-state index contributed by atoms with van der Waals surface area (Å²) < 4.78 is 13.9. The molecular formula is C20H14FN3O2. The van der Waals surface area contributed by atoms with Crippen molar-refractivity contribution >= 4 is 16.9 Å². The van der Waals surface area contributed by atoms with Crippen LogP contribution < -0.4 is 5.48 Å². The average Bonchev–Trinajstić information content (AvgIpc) is 3.11. The van der Waals surface area contributed by atoms with Crippen LogP contribution in [-0.2, 0) is 0 Å². The van der Waals surface area contributed by atoms with Crippen LogP contribution in [0.5, 0.6) is 0 Å². The quantitative estimate of drug-likeness (QED) is 0.385. The van der Waals surface area contributed by atoms with Crippen LogP contribution >= 0.6 is 0 Å². The predicted molar refractivity (Wildman–Crippen MR) is 96.2 cm³/mol. The summed E-state index contributed by atoms with van der Waals surface area (Å²) in [7, 11) is 0. The van der Waals surface area contributed by atoms with Gasteiger partial charge in [-0.1, -0.05) is 42.5 Å². The molecule has 5 nitrogen and oxygen atoms in total. The van der Waals surface area contributed by atoms with Crippen molar-refractivity contribution in [2.45, 2.75) is 0 Å². The molecule has 0 bridgehead atoms. The normalized spacial score (nSPS) is 10.8. The van der Waals surface area contributed by atoms with E-state index in [0.29, 0.717) is 28.0 Å². The maximum atomic E-state index is 13.9. The first-order valence-corrected chi connectivity index (χ1v) is 7.95. The Morgan fingerprint density at radius 2 is 1.73 bits per heavy atom. The first-order valence-electron chi connectivity index (χ1n) is 7.95. The van der Waals surface area contributed by atoms with Crippen LogP contribution in [-0.4, -0.2) is 21.1 Å². The summed E-state index contributed by atoms with van der Waals surface area (Å²) in [5.41, 5.74) is 5.48. The van der Waals surface area contributed by atoms with E-state index in [-0.39, 0.29) is 5.82 Å². The number of hydroxylamine groups is 1. The minimum Gasteiger partial charge on any atom is -0.338 e. The van der Waals surface area contributed by atoms with E-state index in [1.54, 1.807) is 41.9 Å². The molecule has 0 saturated heterocycles. The largest absolute Gasteiger partial charge is 0.338 e. The van der Waals surface area contributed by atoms with Crippen molar-refractivity contribution in [3.63, 3.8) is 0 Å². The van der Waals surface area contributed by atoms with Crippen LogP contribution in [0.1, 0.15) is 10.4 Å². The van der Waals surface area contributed by atoms with Gasteiger partial charge < -0.3 is 4.98 Å². The van der Waals surface area contributed by atoms with Crippen LogP contribution in [0, 0.1) is 5.82 Å². The first-order chi connectivity index (χ1) is 12.7. The number of fused-ring (bicyclic) bond motifs is 1. The Bertz CT molecular complexity index is 1100. The van der Waals surface area contributed by atoms with Crippen molar-refractivity contribution < 1.29 is 14.4 Å². The van der Waals surface area contributed by atoms with Gasteiger partial charge >= 0.3 is 0 Å². The maximum Gasteiger partial charge on any atom is 0.274 e. The van der Waals surface area contributed by atoms with Crippen LogP contribution in [0.25, 0.3) is 33.5 Å². The van der Waals surface area contributed by atoms with Crippen LogP contribution in [0.2, 0.25) is 0 Å². The van der Waals surface area contributed by atoms with E-state index in [1.165, 1.54) is 6.07 Å². The maximum absolute atomic E-state index is 13.9. The molecule has 0 saturated carbocycles. The summed E-state index contributed by atoms with van der Waals surface area (Å²) in [5.74, 6) is -0.211. The van der Waals surface area contributed by atoms with Gasteiger partial charge in [-0.25, -0.2) is 14.9 Å². The zero-order valence-electron chi connectivity index (χ0n) is 13.5. The lowest BCUT2D eigenvalue weighted by atomic mass is 10.0. The number of amides is 1. The Labute approximate surface area is 148 Å². The second-order valence-corrected chi connectivity index (χ2v) is 5.82. The van der Waals surface area contributed by atoms with Crippen molar-refractivity contribution in [2.75, 3.05) is 0 Å². The highest BCUT2D eigenvalue weighted by Gasteiger charge is 2.10. The van der Waals surface area contributed by atoms with Gasteiger partial charge in [-0.05, 0) is 29.8 Å². The topological polar surface area (TPSA) is 78.0 Å². The number of H-pyrrole nitrogens is 1. The fraction of sp³-hybridized carbons (Fsp3) is 0. The number of nitrogens with zero attached hydrogens (tertiary/aromatic N) is 1. The van der Waals surface area contributed by atoms with Gasteiger partial charge in [0, 0.05) is 16.7 Å². The SMILES string of the molecule is O=C(NO)c1ccc2nc(-c3ccc(-c4ccccc4F)cc3)[nH]c2c1. The number of imidazole rings is 1. The molecule has 0 aliphatic rings. The Balaban J connectivity index is 1.69. The Hall–Kier alpha value is -3.51. The number of carbonyl (C=O) groups excluding carboxylic acids is 1. The molecule has 0 atom stereocenters. The molecule has 1 heterocycles. The Morgan fingerprint density at radius 1 is 1.00 bits per heavy atom. The molecule has 3 N–H and O–H groups in total. The second-order valence-electron chi connectivity index (χ2n) is 5.82. The van der Waals surface area contributed by atoms with E-state index < -0.39 is 5.91 Å². The third kappa shape index (κ3) is 2.82. The number of carbonyl (C=O) groups is 1. The molecule has 6 heteroatoms. The monoisotopic (exact) mass is 347 g/mol. The molecule has 128 valence electrons. The van der Waals surface area contributed by atoms with E-state index in [2.05, 4.69) is 9.97 Å². The molecule has 0 radical (unpaired) electrons. The third-order valence-corrected chi connectivity index (χ3v) is 4.19. The molecular weight excluding hydrogens is 333 g/mol. The summed E-state index contributed by atoms with van der Waals surface area (Å²) in [6.45, 7) is 0. The highest BCUT2D eigenvalue weighted by Crippen LogP contribution is 2.26. The zero-order chi connectivity index (χ0) is 18.1. The number of aromatic amines is 1. The third-order valence-electron chi connectivity index (χ3n) is 4.19. The average molecular weight is 347 g/mol. The summed E-state index contributed by atoms with van der Waals surface area (Å²) >= 11 is 0. The smallest absolute Gasteiger partial charge is 0.274 e. The van der Waals surface area contributed by atoms with E-state index in [1.807, 2.05) is 24.3 Å². The van der Waals surface area contributed by atoms with E-state index in [0.717, 1.165) is 11.1 Å². The minimum atomic E-state index is -0.586. The number of halogens is 1. The predicted octanol–water partition coefficient (Wildman–Crippen LogP) is 4.16. The molecule has 4 rings (SSSR count).